The molecule has 0 heterocycles. The molecule has 4 heteroatoms. The van der Waals surface area contributed by atoms with Gasteiger partial charge in [-0.15, -0.1) is 0 Å². The Bertz CT molecular complexity index is 71.2. The predicted molar refractivity (Wildman–Crippen MR) is 20.3 cm³/mol. The standard InChI is InChI=1S/3CHO.Co/c3*1-2;/h3*1H;. The van der Waals surface area contributed by atoms with Crippen LogP contribution in [0.15, 0.2) is 0 Å². The van der Waals surface area contributed by atoms with Gasteiger partial charge in [-0.1, -0.05) is 0 Å². The predicted octanol–water partition coefficient (Wildman–Crippen LogP) is -0.825. The van der Waals surface area contributed by atoms with Gasteiger partial charge in [0.15, 0.2) is 0 Å². The van der Waals surface area contributed by atoms with Crippen LogP contribution in [0.1, 0.15) is 0 Å². The number of rotatable bonds is 3. The summed E-state index contributed by atoms with van der Waals surface area (Å²) in [5, 5.41) is 1.06. The van der Waals surface area contributed by atoms with Gasteiger partial charge in [0.2, 0.25) is 0 Å². The van der Waals surface area contributed by atoms with E-state index in [9.17, 15) is 14.4 Å². The van der Waals surface area contributed by atoms with E-state index in [2.05, 4.69) is 0 Å². The van der Waals surface area contributed by atoms with Gasteiger partial charge in [-0.25, -0.2) is 0 Å². The topological polar surface area (TPSA) is 51.2 Å². The number of hydrogen-bond acceptors (Lipinski definition) is 3. The molecule has 0 aliphatic rings. The molecule has 0 aliphatic heterocycles. The molecule has 42 valence electrons. The van der Waals surface area contributed by atoms with Crippen molar-refractivity contribution in [2.24, 2.45) is 0 Å². The van der Waals surface area contributed by atoms with Crippen molar-refractivity contribution in [3.63, 3.8) is 0 Å². The van der Waals surface area contributed by atoms with Crippen LogP contribution in [-0.4, -0.2) is 15.7 Å². The van der Waals surface area contributed by atoms with Crippen LogP contribution in [0.25, 0.3) is 0 Å². The van der Waals surface area contributed by atoms with Gasteiger partial charge in [0.05, 0.1) is 0 Å². The Labute approximate surface area is 44.5 Å². The minimum absolute atomic E-state index is 0.354. The Hall–Kier alpha value is -0.484. The summed E-state index contributed by atoms with van der Waals surface area (Å²) in [6.07, 6.45) is 0. The van der Waals surface area contributed by atoms with Crippen molar-refractivity contribution in [2.45, 2.75) is 0 Å². The van der Waals surface area contributed by atoms with Gasteiger partial charge in [-0.2, -0.15) is 0 Å². The van der Waals surface area contributed by atoms with E-state index in [1.54, 1.807) is 0 Å². The molecule has 0 unspecified atom stereocenters. The molecule has 0 amide bonds. The van der Waals surface area contributed by atoms with E-state index in [4.69, 9.17) is 0 Å². The Balaban J connectivity index is 3.57. The Morgan fingerprint density at radius 2 is 1.14 bits per heavy atom. The van der Waals surface area contributed by atoms with Crippen molar-refractivity contribution in [2.75, 3.05) is 0 Å². The van der Waals surface area contributed by atoms with Gasteiger partial charge < -0.3 is 0 Å². The molecule has 7 heavy (non-hydrogen) atoms. The van der Waals surface area contributed by atoms with Gasteiger partial charge in [0.1, 0.15) is 0 Å². The maximum atomic E-state index is 9.53. The third-order valence-corrected chi connectivity index (χ3v) is 1.12. The zero-order valence-electron chi connectivity index (χ0n) is 3.29. The molecule has 0 N–H and O–H groups in total. The van der Waals surface area contributed by atoms with Crippen molar-refractivity contribution >= 4 is 15.7 Å². The fourth-order valence-corrected chi connectivity index (χ4v) is 0.229. The molecule has 0 radical (unpaired) electrons. The normalized spacial score (nSPS) is 9.43. The van der Waals surface area contributed by atoms with Crippen LogP contribution in [0.2, 0.25) is 0 Å². The van der Waals surface area contributed by atoms with E-state index >= 15 is 0 Å². The van der Waals surface area contributed by atoms with Crippen molar-refractivity contribution in [3.05, 3.63) is 0 Å². The van der Waals surface area contributed by atoms with Gasteiger partial charge in [0, 0.05) is 0 Å². The molecule has 0 fully saturated rings. The molecule has 0 bridgehead atoms. The molecule has 0 atom stereocenters. The van der Waals surface area contributed by atoms with Crippen molar-refractivity contribution < 1.29 is 28.0 Å². The SMILES string of the molecule is O=[CH][Co]([CH]=O)[CH]=O. The van der Waals surface area contributed by atoms with E-state index in [0.717, 1.165) is 0 Å². The van der Waals surface area contributed by atoms with Gasteiger partial charge in [-0.3, -0.25) is 0 Å². The van der Waals surface area contributed by atoms with Crippen LogP contribution >= 0.6 is 0 Å². The Kier molecular flexibility index (Phi) is 3.44. The van der Waals surface area contributed by atoms with E-state index in [-0.39, 0.29) is 0 Å². The molecule has 0 rings (SSSR count). The van der Waals surface area contributed by atoms with Crippen LogP contribution < -0.4 is 0 Å². The summed E-state index contributed by atoms with van der Waals surface area (Å²) in [7, 11) is 0. The van der Waals surface area contributed by atoms with Crippen LogP contribution in [0.5, 0.6) is 0 Å². The summed E-state index contributed by atoms with van der Waals surface area (Å²) in [4.78, 5) is 28.6. The zero-order valence-corrected chi connectivity index (χ0v) is 4.33. The van der Waals surface area contributed by atoms with Gasteiger partial charge in [-0.05, 0) is 0 Å². The molecule has 0 spiro atoms. The summed E-state index contributed by atoms with van der Waals surface area (Å²) < 4.78 is 0. The summed E-state index contributed by atoms with van der Waals surface area (Å²) in [5.41, 5.74) is 0. The molecular weight excluding hydrogens is 143 g/mol. The van der Waals surface area contributed by atoms with Gasteiger partial charge in [0.25, 0.3) is 0 Å². The molecule has 0 saturated heterocycles. The molecule has 0 aromatic heterocycles. The third-order valence-electron chi connectivity index (χ3n) is 0.272. The first-order valence-electron chi connectivity index (χ1n) is 1.28. The van der Waals surface area contributed by atoms with E-state index in [1.165, 1.54) is 0 Å². The zero-order chi connectivity index (χ0) is 5.70. The Morgan fingerprint density at radius 1 is 0.857 bits per heavy atom. The second-order valence-electron chi connectivity index (χ2n) is 0.569. The third kappa shape index (κ3) is 2.24. The van der Waals surface area contributed by atoms with E-state index in [1.807, 2.05) is 0 Å². The molecule has 3 nitrogen and oxygen atoms in total. The van der Waals surface area contributed by atoms with Crippen LogP contribution in [0.3, 0.4) is 0 Å². The van der Waals surface area contributed by atoms with Crippen LogP contribution in [0, 0.1) is 0 Å². The summed E-state index contributed by atoms with van der Waals surface area (Å²) in [5.74, 6) is 0. The monoisotopic (exact) mass is 146 g/mol. The molecule has 0 aromatic rings. The van der Waals surface area contributed by atoms with Crippen LogP contribution in [-0.2, 0) is 28.0 Å². The van der Waals surface area contributed by atoms with Crippen molar-refractivity contribution in [1.82, 2.24) is 0 Å². The van der Waals surface area contributed by atoms with Crippen LogP contribution in [0.4, 0.5) is 0 Å². The first-order chi connectivity index (χ1) is 3.35. The second-order valence-corrected chi connectivity index (χ2v) is 2.35. The first kappa shape index (κ1) is 6.52. The quantitative estimate of drug-likeness (QED) is 0.488. The molecule has 0 saturated carbocycles. The fraction of sp³-hybridized carbons (Fsp3) is 0. The average Bonchev–Trinajstić information content (AvgIpc) is 1.72. The molecule has 0 aromatic carbocycles. The average molecular weight is 146 g/mol. The van der Waals surface area contributed by atoms with Crippen molar-refractivity contribution in [3.8, 4) is 0 Å². The Morgan fingerprint density at radius 3 is 1.14 bits per heavy atom. The number of carbonyl (C=O) groups is 3. The summed E-state index contributed by atoms with van der Waals surface area (Å²) >= 11 is -1.58. The summed E-state index contributed by atoms with van der Waals surface area (Å²) in [6, 6.07) is 0. The number of carbonyl (C=O) groups excluding carboxylic acids is 3. The van der Waals surface area contributed by atoms with E-state index < -0.39 is 13.7 Å². The van der Waals surface area contributed by atoms with E-state index in [0.29, 0.717) is 15.7 Å². The molecule has 0 aliphatic carbocycles. The first-order valence-corrected chi connectivity index (χ1v) is 3.09. The minimum atomic E-state index is -1.58. The summed E-state index contributed by atoms with van der Waals surface area (Å²) in [6.45, 7) is 0. The van der Waals surface area contributed by atoms with Gasteiger partial charge >= 0.3 is 43.7 Å². The maximum absolute atomic E-state index is 9.53. The molecular formula is C3H3CoO3. The number of hydrogen-bond donors (Lipinski definition) is 0. The fourth-order valence-electron chi connectivity index (χ4n) is 0.0556. The van der Waals surface area contributed by atoms with Crippen molar-refractivity contribution in [1.29, 1.82) is 0 Å². The second kappa shape index (κ2) is 3.70.